The molecule has 0 fully saturated rings. The van der Waals surface area contributed by atoms with E-state index in [1.807, 2.05) is 18.2 Å². The van der Waals surface area contributed by atoms with Crippen LogP contribution in [-0.2, 0) is 0 Å². The van der Waals surface area contributed by atoms with Crippen LogP contribution in [0.15, 0.2) is 46.9 Å². The van der Waals surface area contributed by atoms with Crippen LogP contribution in [0, 0.1) is 0 Å². The van der Waals surface area contributed by atoms with Crippen molar-refractivity contribution < 1.29 is 18.3 Å². The van der Waals surface area contributed by atoms with Gasteiger partial charge in [-0.05, 0) is 35.9 Å². The molecule has 112 valence electrons. The Balaban J connectivity index is 2.27. The normalized spacial score (nSPS) is 12.3. The SMILES string of the molecule is COc1ccc(Br)cc1C(Cl)c1ccc(OC(F)F)cc1. The van der Waals surface area contributed by atoms with E-state index in [1.165, 1.54) is 12.1 Å². The lowest BCUT2D eigenvalue weighted by Crippen LogP contribution is -2.02. The Bertz CT molecular complexity index is 605. The summed E-state index contributed by atoms with van der Waals surface area (Å²) >= 11 is 9.84. The summed E-state index contributed by atoms with van der Waals surface area (Å²) in [6.45, 7) is -2.84. The lowest BCUT2D eigenvalue weighted by molar-refractivity contribution is -0.0498. The molecule has 0 heterocycles. The third-order valence-corrected chi connectivity index (χ3v) is 3.84. The third kappa shape index (κ3) is 4.08. The summed E-state index contributed by atoms with van der Waals surface area (Å²) in [5, 5.41) is -0.460. The van der Waals surface area contributed by atoms with Crippen molar-refractivity contribution >= 4 is 27.5 Å². The van der Waals surface area contributed by atoms with E-state index < -0.39 is 12.0 Å². The first kappa shape index (κ1) is 16.0. The van der Waals surface area contributed by atoms with Gasteiger partial charge in [0, 0.05) is 10.0 Å². The van der Waals surface area contributed by atoms with Crippen LogP contribution >= 0.6 is 27.5 Å². The van der Waals surface area contributed by atoms with Crippen LogP contribution in [-0.4, -0.2) is 13.7 Å². The van der Waals surface area contributed by atoms with Crippen molar-refractivity contribution in [2.75, 3.05) is 7.11 Å². The second-order valence-corrected chi connectivity index (χ2v) is 5.55. The van der Waals surface area contributed by atoms with Crippen molar-refractivity contribution in [2.45, 2.75) is 12.0 Å². The molecular formula is C15H12BrClF2O2. The Morgan fingerprint density at radius 1 is 1.10 bits per heavy atom. The summed E-state index contributed by atoms with van der Waals surface area (Å²) in [6, 6.07) is 11.7. The third-order valence-electron chi connectivity index (χ3n) is 2.86. The fraction of sp³-hybridized carbons (Fsp3) is 0.200. The highest BCUT2D eigenvalue weighted by Crippen LogP contribution is 2.37. The highest BCUT2D eigenvalue weighted by molar-refractivity contribution is 9.10. The summed E-state index contributed by atoms with van der Waals surface area (Å²) < 4.78 is 34.7. The number of alkyl halides is 3. The van der Waals surface area contributed by atoms with Gasteiger partial charge in [-0.2, -0.15) is 8.78 Å². The molecular weight excluding hydrogens is 366 g/mol. The maximum absolute atomic E-state index is 12.1. The summed E-state index contributed by atoms with van der Waals surface area (Å²) in [6.07, 6.45) is 0. The van der Waals surface area contributed by atoms with E-state index in [1.54, 1.807) is 19.2 Å². The summed E-state index contributed by atoms with van der Waals surface area (Å²) in [5.74, 6) is 0.755. The van der Waals surface area contributed by atoms with Gasteiger partial charge < -0.3 is 9.47 Å². The molecule has 2 rings (SSSR count). The van der Waals surface area contributed by atoms with E-state index in [-0.39, 0.29) is 5.75 Å². The predicted octanol–water partition coefficient (Wildman–Crippen LogP) is 5.39. The van der Waals surface area contributed by atoms with Crippen LogP contribution in [0.5, 0.6) is 11.5 Å². The fourth-order valence-corrected chi connectivity index (χ4v) is 2.60. The van der Waals surface area contributed by atoms with Crippen molar-refractivity contribution in [2.24, 2.45) is 0 Å². The first-order chi connectivity index (χ1) is 10.0. The van der Waals surface area contributed by atoms with Crippen LogP contribution in [0.4, 0.5) is 8.78 Å². The van der Waals surface area contributed by atoms with Crippen LogP contribution < -0.4 is 9.47 Å². The molecule has 2 aromatic rings. The Labute approximate surface area is 134 Å². The van der Waals surface area contributed by atoms with Crippen LogP contribution in [0.1, 0.15) is 16.5 Å². The van der Waals surface area contributed by atoms with E-state index in [9.17, 15) is 8.78 Å². The zero-order valence-electron chi connectivity index (χ0n) is 11.0. The van der Waals surface area contributed by atoms with Gasteiger partial charge in [0.15, 0.2) is 0 Å². The molecule has 0 saturated heterocycles. The first-order valence-electron chi connectivity index (χ1n) is 6.03. The number of rotatable bonds is 5. The maximum atomic E-state index is 12.1. The van der Waals surface area contributed by atoms with Gasteiger partial charge >= 0.3 is 6.61 Å². The Morgan fingerprint density at radius 2 is 1.76 bits per heavy atom. The van der Waals surface area contributed by atoms with Crippen molar-refractivity contribution in [1.82, 2.24) is 0 Å². The molecule has 0 saturated carbocycles. The molecule has 0 N–H and O–H groups in total. The monoisotopic (exact) mass is 376 g/mol. The molecule has 2 aromatic carbocycles. The molecule has 1 unspecified atom stereocenters. The maximum Gasteiger partial charge on any atom is 0.387 e. The highest BCUT2D eigenvalue weighted by atomic mass is 79.9. The molecule has 0 aromatic heterocycles. The molecule has 1 atom stereocenters. The van der Waals surface area contributed by atoms with Gasteiger partial charge in [0.1, 0.15) is 11.5 Å². The van der Waals surface area contributed by atoms with Gasteiger partial charge in [-0.25, -0.2) is 0 Å². The molecule has 2 nitrogen and oxygen atoms in total. The van der Waals surface area contributed by atoms with Gasteiger partial charge in [-0.3, -0.25) is 0 Å². The standard InChI is InChI=1S/C15H12BrClF2O2/c1-20-13-7-4-10(16)8-12(13)14(17)9-2-5-11(6-3-9)21-15(18)19/h2-8,14-15H,1H3. The number of hydrogen-bond acceptors (Lipinski definition) is 2. The first-order valence-corrected chi connectivity index (χ1v) is 7.26. The van der Waals surface area contributed by atoms with Gasteiger partial charge in [-0.15, -0.1) is 11.6 Å². The van der Waals surface area contributed by atoms with Crippen molar-refractivity contribution in [3.8, 4) is 11.5 Å². The van der Waals surface area contributed by atoms with Crippen molar-refractivity contribution in [3.05, 3.63) is 58.1 Å². The van der Waals surface area contributed by atoms with E-state index >= 15 is 0 Å². The number of ether oxygens (including phenoxy) is 2. The predicted molar refractivity (Wildman–Crippen MR) is 81.5 cm³/mol. The van der Waals surface area contributed by atoms with E-state index in [0.29, 0.717) is 5.75 Å². The minimum Gasteiger partial charge on any atom is -0.496 e. The number of hydrogen-bond donors (Lipinski definition) is 0. The van der Waals surface area contributed by atoms with Crippen LogP contribution in [0.3, 0.4) is 0 Å². The number of benzene rings is 2. The van der Waals surface area contributed by atoms with E-state index in [0.717, 1.165) is 15.6 Å². The minimum absolute atomic E-state index is 0.0961. The summed E-state index contributed by atoms with van der Waals surface area (Å²) in [7, 11) is 1.57. The lowest BCUT2D eigenvalue weighted by atomic mass is 10.0. The molecule has 6 heteroatoms. The topological polar surface area (TPSA) is 18.5 Å². The molecule has 0 bridgehead atoms. The number of halogens is 4. The van der Waals surface area contributed by atoms with E-state index in [2.05, 4.69) is 20.7 Å². The zero-order valence-corrected chi connectivity index (χ0v) is 13.4. The number of methoxy groups -OCH3 is 1. The molecule has 0 aliphatic heterocycles. The van der Waals surface area contributed by atoms with Crippen molar-refractivity contribution in [3.63, 3.8) is 0 Å². The highest BCUT2D eigenvalue weighted by Gasteiger charge is 2.16. The smallest absolute Gasteiger partial charge is 0.387 e. The minimum atomic E-state index is -2.84. The van der Waals surface area contributed by atoms with Crippen LogP contribution in [0.2, 0.25) is 0 Å². The van der Waals surface area contributed by atoms with Gasteiger partial charge in [0.2, 0.25) is 0 Å². The van der Waals surface area contributed by atoms with Crippen molar-refractivity contribution in [1.29, 1.82) is 0 Å². The molecule has 0 radical (unpaired) electrons. The second kappa shape index (κ2) is 7.09. The Morgan fingerprint density at radius 3 is 2.33 bits per heavy atom. The Hall–Kier alpha value is -1.33. The molecule has 21 heavy (non-hydrogen) atoms. The largest absolute Gasteiger partial charge is 0.496 e. The van der Waals surface area contributed by atoms with Gasteiger partial charge in [0.25, 0.3) is 0 Å². The summed E-state index contributed by atoms with van der Waals surface area (Å²) in [4.78, 5) is 0. The Kier molecular flexibility index (Phi) is 5.42. The van der Waals surface area contributed by atoms with E-state index in [4.69, 9.17) is 16.3 Å². The lowest BCUT2D eigenvalue weighted by Gasteiger charge is -2.15. The fourth-order valence-electron chi connectivity index (χ4n) is 1.90. The van der Waals surface area contributed by atoms with Gasteiger partial charge in [0.05, 0.1) is 12.5 Å². The molecule has 0 aliphatic carbocycles. The zero-order chi connectivity index (χ0) is 15.4. The quantitative estimate of drug-likeness (QED) is 0.651. The van der Waals surface area contributed by atoms with Crippen LogP contribution in [0.25, 0.3) is 0 Å². The molecule has 0 aliphatic rings. The molecule has 0 spiro atoms. The van der Waals surface area contributed by atoms with Gasteiger partial charge in [-0.1, -0.05) is 28.1 Å². The average molecular weight is 378 g/mol. The average Bonchev–Trinajstić information content (AvgIpc) is 2.46. The second-order valence-electron chi connectivity index (χ2n) is 4.20. The molecule has 0 amide bonds. The summed E-state index contributed by atoms with van der Waals surface area (Å²) in [5.41, 5.74) is 1.55.